The van der Waals surface area contributed by atoms with Gasteiger partial charge in [0, 0.05) is 10.9 Å². The van der Waals surface area contributed by atoms with E-state index in [-0.39, 0.29) is 11.3 Å². The fourth-order valence-corrected chi connectivity index (χ4v) is 4.61. The van der Waals surface area contributed by atoms with E-state index in [1.165, 1.54) is 18.9 Å². The van der Waals surface area contributed by atoms with E-state index in [0.717, 1.165) is 29.8 Å². The number of aromatic nitrogens is 3. The number of rotatable bonds is 9. The third kappa shape index (κ3) is 4.65. The molecule has 33 heavy (non-hydrogen) atoms. The number of methoxy groups -OCH3 is 1. The van der Waals surface area contributed by atoms with E-state index in [9.17, 15) is 9.59 Å². The molecule has 0 radical (unpaired) electrons. The molecule has 0 amide bonds. The number of unbranched alkanes of at least 4 members (excludes halogenated alkanes) is 1. The number of ether oxygens (including phenoxy) is 2. The number of aromatic amines is 1. The number of thioether (sulfide) groups is 1. The molecular formula is C23H25N4O5S+. The van der Waals surface area contributed by atoms with Gasteiger partial charge in [0.1, 0.15) is 0 Å². The van der Waals surface area contributed by atoms with Crippen LogP contribution in [-0.2, 0) is 4.79 Å². The number of hydrogen-bond donors (Lipinski definition) is 3. The van der Waals surface area contributed by atoms with Gasteiger partial charge in [-0.1, -0.05) is 43.3 Å². The normalized spacial score (nSPS) is 14.1. The van der Waals surface area contributed by atoms with Gasteiger partial charge in [-0.25, -0.2) is 4.79 Å². The lowest BCUT2D eigenvalue weighted by atomic mass is 10.0. The van der Waals surface area contributed by atoms with Crippen molar-refractivity contribution in [2.45, 2.75) is 31.1 Å². The number of para-hydroxylation sites is 2. The number of aliphatic carboxylic acids is 1. The van der Waals surface area contributed by atoms with Crippen LogP contribution in [0.4, 0.5) is 5.69 Å². The smallest absolute Gasteiger partial charge is 0.341 e. The number of carboxylic acid groups (broad SMARTS) is 1. The molecule has 3 N–H and O–H groups in total. The van der Waals surface area contributed by atoms with Crippen LogP contribution < -0.4 is 25.0 Å². The number of nitrogens with one attached hydrogen (secondary N) is 2. The van der Waals surface area contributed by atoms with E-state index >= 15 is 0 Å². The van der Waals surface area contributed by atoms with E-state index in [1.54, 1.807) is 22.9 Å². The highest BCUT2D eigenvalue weighted by molar-refractivity contribution is 7.99. The zero-order chi connectivity index (χ0) is 23.4. The van der Waals surface area contributed by atoms with Crippen LogP contribution in [0.15, 0.2) is 52.4 Å². The zero-order valence-electron chi connectivity index (χ0n) is 18.3. The molecule has 4 rings (SSSR count). The van der Waals surface area contributed by atoms with Crippen molar-refractivity contribution < 1.29 is 24.1 Å². The largest absolute Gasteiger partial charge is 0.493 e. The monoisotopic (exact) mass is 469 g/mol. The highest BCUT2D eigenvalue weighted by Crippen LogP contribution is 2.38. The number of fused-ring (bicyclic) bond motifs is 3. The lowest BCUT2D eigenvalue weighted by Gasteiger charge is -2.24. The van der Waals surface area contributed by atoms with Crippen molar-refractivity contribution >= 4 is 23.4 Å². The average Bonchev–Trinajstić information content (AvgIpc) is 2.82. The Morgan fingerprint density at radius 2 is 2.06 bits per heavy atom. The first-order valence-corrected chi connectivity index (χ1v) is 11.6. The van der Waals surface area contributed by atoms with E-state index in [1.807, 2.05) is 24.3 Å². The van der Waals surface area contributed by atoms with Gasteiger partial charge >= 0.3 is 17.2 Å². The highest BCUT2D eigenvalue weighted by atomic mass is 32.2. The van der Waals surface area contributed by atoms with Crippen molar-refractivity contribution in [1.82, 2.24) is 10.1 Å². The predicted molar refractivity (Wildman–Crippen MR) is 124 cm³/mol. The molecule has 2 aromatic carbocycles. The second-order valence-electron chi connectivity index (χ2n) is 7.41. The molecule has 0 bridgehead atoms. The Morgan fingerprint density at radius 1 is 1.24 bits per heavy atom. The first kappa shape index (κ1) is 22.7. The molecule has 0 saturated heterocycles. The fraction of sp³-hybridized carbons (Fsp3) is 0.304. The van der Waals surface area contributed by atoms with Crippen LogP contribution in [0.5, 0.6) is 11.5 Å². The van der Waals surface area contributed by atoms with Crippen LogP contribution in [0.25, 0.3) is 11.3 Å². The Balaban J connectivity index is 1.88. The number of benzene rings is 2. The number of hydrogen-bond acceptors (Lipinski definition) is 7. The molecule has 172 valence electrons. The molecule has 1 aromatic heterocycles. The Labute approximate surface area is 194 Å². The SMILES string of the molecule is CCCCSc1n[n+]2c(c(=O)[nH]1)-c1ccccc1N[C@@H]2c1cccc(OC)c1OCC(=O)O. The lowest BCUT2D eigenvalue weighted by Crippen LogP contribution is -2.55. The third-order valence-electron chi connectivity index (χ3n) is 5.18. The van der Waals surface area contributed by atoms with Gasteiger partial charge in [0.2, 0.25) is 5.16 Å². The van der Waals surface area contributed by atoms with Gasteiger partial charge in [-0.3, -0.25) is 9.78 Å². The molecule has 1 aliphatic rings. The summed E-state index contributed by atoms with van der Waals surface area (Å²) in [5.41, 5.74) is 2.23. The highest BCUT2D eigenvalue weighted by Gasteiger charge is 2.39. The second kappa shape index (κ2) is 9.95. The zero-order valence-corrected chi connectivity index (χ0v) is 19.1. The molecule has 0 unspecified atom stereocenters. The Morgan fingerprint density at radius 3 is 2.82 bits per heavy atom. The van der Waals surface area contributed by atoms with E-state index in [2.05, 4.69) is 17.2 Å². The molecule has 1 aliphatic heterocycles. The predicted octanol–water partition coefficient (Wildman–Crippen LogP) is 3.06. The van der Waals surface area contributed by atoms with Crippen molar-refractivity contribution in [3.05, 3.63) is 58.4 Å². The van der Waals surface area contributed by atoms with Gasteiger partial charge in [-0.05, 0) is 35.4 Å². The molecule has 0 spiro atoms. The van der Waals surface area contributed by atoms with Crippen LogP contribution in [0, 0.1) is 0 Å². The van der Waals surface area contributed by atoms with Crippen LogP contribution in [-0.4, -0.2) is 40.6 Å². The number of H-pyrrole nitrogens is 1. The summed E-state index contributed by atoms with van der Waals surface area (Å²) in [6, 6.07) is 12.8. The molecular weight excluding hydrogens is 444 g/mol. The summed E-state index contributed by atoms with van der Waals surface area (Å²) in [7, 11) is 1.49. The third-order valence-corrected chi connectivity index (χ3v) is 6.13. The van der Waals surface area contributed by atoms with Gasteiger partial charge in [-0.2, -0.15) is 0 Å². The molecule has 9 nitrogen and oxygen atoms in total. The minimum absolute atomic E-state index is 0.251. The van der Waals surface area contributed by atoms with Crippen molar-refractivity contribution in [3.8, 4) is 22.8 Å². The number of carboxylic acids is 1. The van der Waals surface area contributed by atoms with E-state index in [4.69, 9.17) is 19.7 Å². The Bertz CT molecular complexity index is 1230. The van der Waals surface area contributed by atoms with E-state index < -0.39 is 18.7 Å². The number of nitrogens with zero attached hydrogens (tertiary/aromatic N) is 2. The molecule has 3 aromatic rings. The molecule has 0 aliphatic carbocycles. The maximum Gasteiger partial charge on any atom is 0.341 e. The summed E-state index contributed by atoms with van der Waals surface area (Å²) in [5, 5.41) is 17.8. The first-order valence-electron chi connectivity index (χ1n) is 10.6. The molecule has 0 fully saturated rings. The summed E-state index contributed by atoms with van der Waals surface area (Å²) < 4.78 is 12.7. The van der Waals surface area contributed by atoms with Gasteiger partial charge < -0.3 is 19.9 Å². The fourth-order valence-electron chi connectivity index (χ4n) is 3.67. The van der Waals surface area contributed by atoms with Crippen LogP contribution in [0.2, 0.25) is 0 Å². The molecule has 2 heterocycles. The van der Waals surface area contributed by atoms with Crippen LogP contribution in [0.3, 0.4) is 0 Å². The summed E-state index contributed by atoms with van der Waals surface area (Å²) in [4.78, 5) is 27.3. The van der Waals surface area contributed by atoms with Crippen LogP contribution >= 0.6 is 11.8 Å². The van der Waals surface area contributed by atoms with Crippen molar-refractivity contribution in [3.63, 3.8) is 0 Å². The van der Waals surface area contributed by atoms with Crippen LogP contribution in [0.1, 0.15) is 31.5 Å². The second-order valence-corrected chi connectivity index (χ2v) is 8.49. The maximum atomic E-state index is 13.2. The van der Waals surface area contributed by atoms with Gasteiger partial charge in [0.05, 0.1) is 23.9 Å². The number of anilines is 1. The summed E-state index contributed by atoms with van der Waals surface area (Å²) >= 11 is 1.49. The van der Waals surface area contributed by atoms with E-state index in [0.29, 0.717) is 22.2 Å². The summed E-state index contributed by atoms with van der Waals surface area (Å²) in [5.74, 6) is 0.393. The molecule has 1 atom stereocenters. The minimum Gasteiger partial charge on any atom is -0.493 e. The maximum absolute atomic E-state index is 13.2. The van der Waals surface area contributed by atoms with Crippen molar-refractivity contribution in [1.29, 1.82) is 0 Å². The van der Waals surface area contributed by atoms with Gasteiger partial charge in [0.15, 0.2) is 18.1 Å². The summed E-state index contributed by atoms with van der Waals surface area (Å²) in [6.07, 6.45) is 1.42. The summed E-state index contributed by atoms with van der Waals surface area (Å²) in [6.45, 7) is 1.58. The molecule has 10 heteroatoms. The topological polar surface area (TPSA) is 117 Å². The first-order chi connectivity index (χ1) is 16.0. The average molecular weight is 470 g/mol. The molecule has 0 saturated carbocycles. The number of carbonyl (C=O) groups is 1. The lowest BCUT2D eigenvalue weighted by molar-refractivity contribution is -0.759. The standard InChI is InChI=1S/C23H24N4O5S/c1-3-4-12-33-23-25-22(30)19-14-8-5-6-10-16(14)24-21(27(19)26-23)15-9-7-11-17(31-2)20(15)32-13-18(28)29/h5-11,21H,3-4,12-13H2,1-2H3,(H2,25,26,28,29,30)/p+1/t21-/m0/s1. The Kier molecular flexibility index (Phi) is 6.83. The van der Waals surface area contributed by atoms with Crippen molar-refractivity contribution in [2.75, 3.05) is 24.8 Å². The quantitative estimate of drug-likeness (QED) is 0.249. The minimum atomic E-state index is -1.11. The van der Waals surface area contributed by atoms with Crippen molar-refractivity contribution in [2.24, 2.45) is 0 Å². The van der Waals surface area contributed by atoms with Gasteiger partial charge in [0.25, 0.3) is 6.17 Å². The van der Waals surface area contributed by atoms with Gasteiger partial charge in [-0.15, -0.1) is 0 Å². The Hall–Kier alpha value is -3.53.